The maximum atomic E-state index is 12.9. The molecule has 0 atom stereocenters. The number of benzene rings is 3. The molecule has 148 valence electrons. The number of aromatic nitrogens is 1. The SMILES string of the molecule is O=C(Nc1ccc(Cc2ccncc2)cc1)c1ccccc1CCc1ccccc1. The molecule has 0 radical (unpaired) electrons. The van der Waals surface area contributed by atoms with E-state index in [1.165, 1.54) is 16.7 Å². The molecule has 3 heteroatoms. The third kappa shape index (κ3) is 5.21. The highest BCUT2D eigenvalue weighted by Crippen LogP contribution is 2.17. The van der Waals surface area contributed by atoms with E-state index in [-0.39, 0.29) is 5.91 Å². The topological polar surface area (TPSA) is 42.0 Å². The third-order valence-corrected chi connectivity index (χ3v) is 5.16. The number of nitrogens with zero attached hydrogens (tertiary/aromatic N) is 1. The van der Waals surface area contributed by atoms with E-state index in [0.29, 0.717) is 0 Å². The average molecular weight is 393 g/mol. The number of pyridine rings is 1. The van der Waals surface area contributed by atoms with E-state index >= 15 is 0 Å². The van der Waals surface area contributed by atoms with Gasteiger partial charge in [0.25, 0.3) is 5.91 Å². The van der Waals surface area contributed by atoms with E-state index in [4.69, 9.17) is 0 Å². The minimum absolute atomic E-state index is 0.0689. The molecule has 3 nitrogen and oxygen atoms in total. The van der Waals surface area contributed by atoms with Gasteiger partial charge in [-0.15, -0.1) is 0 Å². The zero-order chi connectivity index (χ0) is 20.6. The van der Waals surface area contributed by atoms with Gasteiger partial charge in [-0.1, -0.05) is 60.7 Å². The fourth-order valence-corrected chi connectivity index (χ4v) is 3.52. The molecule has 1 aromatic heterocycles. The van der Waals surface area contributed by atoms with Crippen molar-refractivity contribution in [2.45, 2.75) is 19.3 Å². The number of carbonyl (C=O) groups excluding carboxylic acids is 1. The zero-order valence-corrected chi connectivity index (χ0v) is 16.8. The molecule has 0 aliphatic carbocycles. The van der Waals surface area contributed by atoms with Crippen LogP contribution in [0, 0.1) is 0 Å². The second-order valence-electron chi connectivity index (χ2n) is 7.33. The predicted molar refractivity (Wildman–Crippen MR) is 122 cm³/mol. The second kappa shape index (κ2) is 9.66. The fourth-order valence-electron chi connectivity index (χ4n) is 3.52. The molecule has 1 amide bonds. The van der Waals surface area contributed by atoms with Gasteiger partial charge in [0.1, 0.15) is 0 Å². The Balaban J connectivity index is 1.41. The van der Waals surface area contributed by atoms with Crippen LogP contribution in [0.15, 0.2) is 103 Å². The Bertz CT molecular complexity index is 1090. The van der Waals surface area contributed by atoms with Crippen molar-refractivity contribution in [2.75, 3.05) is 5.32 Å². The number of rotatable bonds is 7. The quantitative estimate of drug-likeness (QED) is 0.438. The van der Waals surface area contributed by atoms with E-state index in [1.807, 2.05) is 66.7 Å². The first kappa shape index (κ1) is 19.6. The van der Waals surface area contributed by atoms with Crippen LogP contribution >= 0.6 is 0 Å². The first-order chi connectivity index (χ1) is 14.8. The molecule has 0 fully saturated rings. The van der Waals surface area contributed by atoms with Crippen LogP contribution < -0.4 is 5.32 Å². The molecule has 0 bridgehead atoms. The smallest absolute Gasteiger partial charge is 0.255 e. The van der Waals surface area contributed by atoms with Gasteiger partial charge in [0.15, 0.2) is 0 Å². The van der Waals surface area contributed by atoms with Gasteiger partial charge >= 0.3 is 0 Å². The van der Waals surface area contributed by atoms with Crippen molar-refractivity contribution >= 4 is 11.6 Å². The summed E-state index contributed by atoms with van der Waals surface area (Å²) >= 11 is 0. The van der Waals surface area contributed by atoms with Crippen molar-refractivity contribution in [1.82, 2.24) is 4.98 Å². The Kier molecular flexibility index (Phi) is 6.31. The molecule has 1 heterocycles. The van der Waals surface area contributed by atoms with Crippen LogP contribution in [0.25, 0.3) is 0 Å². The molecule has 0 saturated carbocycles. The molecule has 30 heavy (non-hydrogen) atoms. The Morgan fingerprint density at radius 2 is 1.33 bits per heavy atom. The van der Waals surface area contributed by atoms with Crippen LogP contribution in [0.2, 0.25) is 0 Å². The van der Waals surface area contributed by atoms with E-state index in [9.17, 15) is 4.79 Å². The lowest BCUT2D eigenvalue weighted by Gasteiger charge is -2.11. The zero-order valence-electron chi connectivity index (χ0n) is 16.8. The largest absolute Gasteiger partial charge is 0.322 e. The lowest BCUT2D eigenvalue weighted by Crippen LogP contribution is -2.14. The highest BCUT2D eigenvalue weighted by Gasteiger charge is 2.11. The monoisotopic (exact) mass is 392 g/mol. The minimum Gasteiger partial charge on any atom is -0.322 e. The van der Waals surface area contributed by atoms with Gasteiger partial charge in [0, 0.05) is 23.6 Å². The molecule has 4 rings (SSSR count). The van der Waals surface area contributed by atoms with Crippen LogP contribution in [0.1, 0.15) is 32.6 Å². The predicted octanol–water partition coefficient (Wildman–Crippen LogP) is 5.71. The van der Waals surface area contributed by atoms with Crippen molar-refractivity contribution < 1.29 is 4.79 Å². The van der Waals surface area contributed by atoms with Crippen molar-refractivity contribution in [3.8, 4) is 0 Å². The second-order valence-corrected chi connectivity index (χ2v) is 7.33. The van der Waals surface area contributed by atoms with Gasteiger partial charge in [0.05, 0.1) is 0 Å². The molecule has 4 aromatic rings. The summed E-state index contributed by atoms with van der Waals surface area (Å²) in [5.41, 5.74) is 6.29. The lowest BCUT2D eigenvalue weighted by atomic mass is 9.99. The molecule has 0 saturated heterocycles. The van der Waals surface area contributed by atoms with Crippen LogP contribution in [0.4, 0.5) is 5.69 Å². The summed E-state index contributed by atoms with van der Waals surface area (Å²) in [6.45, 7) is 0. The Morgan fingerprint density at radius 1 is 0.667 bits per heavy atom. The average Bonchev–Trinajstić information content (AvgIpc) is 2.80. The minimum atomic E-state index is -0.0689. The first-order valence-electron chi connectivity index (χ1n) is 10.2. The molecule has 0 aliphatic rings. The van der Waals surface area contributed by atoms with E-state index in [2.05, 4.69) is 34.6 Å². The Labute approximate surface area is 177 Å². The van der Waals surface area contributed by atoms with Crippen molar-refractivity contribution in [3.63, 3.8) is 0 Å². The van der Waals surface area contributed by atoms with Gasteiger partial charge in [-0.05, 0) is 71.8 Å². The van der Waals surface area contributed by atoms with E-state index in [0.717, 1.165) is 36.1 Å². The Hall–Kier alpha value is -3.72. The van der Waals surface area contributed by atoms with Crippen molar-refractivity contribution in [1.29, 1.82) is 0 Å². The number of carbonyl (C=O) groups is 1. The summed E-state index contributed by atoms with van der Waals surface area (Å²) in [6, 6.07) is 30.3. The fraction of sp³-hybridized carbons (Fsp3) is 0.111. The highest BCUT2D eigenvalue weighted by molar-refractivity contribution is 6.05. The first-order valence-corrected chi connectivity index (χ1v) is 10.2. The van der Waals surface area contributed by atoms with Crippen LogP contribution in [-0.4, -0.2) is 10.9 Å². The number of anilines is 1. The highest BCUT2D eigenvalue weighted by atomic mass is 16.1. The van der Waals surface area contributed by atoms with Crippen molar-refractivity contribution in [3.05, 3.63) is 131 Å². The Morgan fingerprint density at radius 3 is 2.10 bits per heavy atom. The summed E-state index contributed by atoms with van der Waals surface area (Å²) in [5.74, 6) is -0.0689. The molecule has 0 aliphatic heterocycles. The molecule has 3 aromatic carbocycles. The van der Waals surface area contributed by atoms with Gasteiger partial charge < -0.3 is 5.32 Å². The van der Waals surface area contributed by atoms with Gasteiger partial charge in [-0.25, -0.2) is 0 Å². The van der Waals surface area contributed by atoms with Gasteiger partial charge in [-0.2, -0.15) is 0 Å². The summed E-state index contributed by atoms with van der Waals surface area (Å²) in [7, 11) is 0. The van der Waals surface area contributed by atoms with E-state index in [1.54, 1.807) is 12.4 Å². The maximum absolute atomic E-state index is 12.9. The van der Waals surface area contributed by atoms with Gasteiger partial charge in [-0.3, -0.25) is 9.78 Å². The number of hydrogen-bond donors (Lipinski definition) is 1. The summed E-state index contributed by atoms with van der Waals surface area (Å²) in [6.07, 6.45) is 6.20. The number of aryl methyl sites for hydroxylation is 2. The van der Waals surface area contributed by atoms with Crippen molar-refractivity contribution in [2.24, 2.45) is 0 Å². The maximum Gasteiger partial charge on any atom is 0.255 e. The molecule has 0 spiro atoms. The van der Waals surface area contributed by atoms with Crippen LogP contribution in [-0.2, 0) is 19.3 Å². The standard InChI is InChI=1S/C27H24N2O/c30-27(26-9-5-4-8-24(26)13-10-21-6-2-1-3-7-21)29-25-14-11-22(12-15-25)20-23-16-18-28-19-17-23/h1-9,11-12,14-19H,10,13,20H2,(H,29,30). The normalized spacial score (nSPS) is 10.5. The van der Waals surface area contributed by atoms with Gasteiger partial charge in [0.2, 0.25) is 0 Å². The molecule has 1 N–H and O–H groups in total. The summed E-state index contributed by atoms with van der Waals surface area (Å²) in [4.78, 5) is 17.0. The summed E-state index contributed by atoms with van der Waals surface area (Å²) < 4.78 is 0. The summed E-state index contributed by atoms with van der Waals surface area (Å²) in [5, 5.41) is 3.04. The molecular weight excluding hydrogens is 368 g/mol. The number of amides is 1. The molecular formula is C27H24N2O. The lowest BCUT2D eigenvalue weighted by molar-refractivity contribution is 0.102. The molecule has 0 unspecified atom stereocenters. The van der Waals surface area contributed by atoms with E-state index < -0.39 is 0 Å². The van der Waals surface area contributed by atoms with Crippen LogP contribution in [0.3, 0.4) is 0 Å². The number of nitrogens with one attached hydrogen (secondary N) is 1. The van der Waals surface area contributed by atoms with Crippen LogP contribution in [0.5, 0.6) is 0 Å². The third-order valence-electron chi connectivity index (χ3n) is 5.16. The number of hydrogen-bond acceptors (Lipinski definition) is 2.